The average Bonchev–Trinajstić information content (AvgIpc) is 1.91. The molecule has 0 atom stereocenters. The summed E-state index contributed by atoms with van der Waals surface area (Å²) >= 11 is 3.31. The second kappa shape index (κ2) is 15.8. The average molecular weight is 195 g/mol. The summed E-state index contributed by atoms with van der Waals surface area (Å²) in [6.45, 7) is 6.54. The molecule has 0 aliphatic carbocycles. The van der Waals surface area contributed by atoms with Crippen LogP contribution >= 0.6 is 15.9 Å². The van der Waals surface area contributed by atoms with E-state index in [1.807, 2.05) is 0 Å². The van der Waals surface area contributed by atoms with E-state index in [-0.39, 0.29) is 0 Å². The molecular formula is C8H19Br. The van der Waals surface area contributed by atoms with Gasteiger partial charge in [0, 0.05) is 5.33 Å². The molecule has 0 aliphatic rings. The summed E-state index contributed by atoms with van der Waals surface area (Å²) in [5.41, 5.74) is 0. The maximum Gasteiger partial charge on any atom is 0.00312 e. The van der Waals surface area contributed by atoms with Gasteiger partial charge in [0.2, 0.25) is 0 Å². The maximum absolute atomic E-state index is 3.31. The fourth-order valence-electron chi connectivity index (χ4n) is 0.134. The number of unbranched alkanes of at least 4 members (excludes halogenated alkanes) is 2. The second-order valence-corrected chi connectivity index (χ2v) is 2.84. The predicted molar refractivity (Wildman–Crippen MR) is 49.3 cm³/mol. The van der Waals surface area contributed by atoms with Crippen molar-refractivity contribution in [2.24, 2.45) is 0 Å². The van der Waals surface area contributed by atoms with Crippen molar-refractivity contribution in [3.05, 3.63) is 0 Å². The van der Waals surface area contributed by atoms with E-state index in [4.69, 9.17) is 0 Å². The Balaban J connectivity index is 0. The Bertz CT molecular complexity index is 23.7. The van der Waals surface area contributed by atoms with Crippen LogP contribution < -0.4 is 0 Å². The minimum atomic E-state index is 1.16. The molecule has 0 aliphatic heterocycles. The van der Waals surface area contributed by atoms with E-state index in [2.05, 4.69) is 36.7 Å². The van der Waals surface area contributed by atoms with Crippen molar-refractivity contribution in [1.82, 2.24) is 0 Å². The molecule has 0 nitrogen and oxygen atoms in total. The summed E-state index contributed by atoms with van der Waals surface area (Å²) in [5.74, 6) is 0. The van der Waals surface area contributed by atoms with Crippen LogP contribution in [0.5, 0.6) is 0 Å². The summed E-state index contributed by atoms with van der Waals surface area (Å²) < 4.78 is 0. The predicted octanol–water partition coefficient (Wildman–Crippen LogP) is 3.99. The molecule has 0 N–H and O–H groups in total. The lowest BCUT2D eigenvalue weighted by molar-refractivity contribution is 0.886. The molecule has 0 amide bonds. The van der Waals surface area contributed by atoms with Crippen LogP contribution in [0.15, 0.2) is 0 Å². The van der Waals surface area contributed by atoms with Gasteiger partial charge in [0.25, 0.3) is 0 Å². The summed E-state index contributed by atoms with van der Waals surface area (Å²) in [6, 6.07) is 0. The molecule has 9 heavy (non-hydrogen) atoms. The van der Waals surface area contributed by atoms with Crippen molar-refractivity contribution < 1.29 is 0 Å². The summed E-state index contributed by atoms with van der Waals surface area (Å²) in [6.07, 6.45) is 5.24. The highest BCUT2D eigenvalue weighted by Gasteiger charge is 1.69. The van der Waals surface area contributed by atoms with Gasteiger partial charge >= 0.3 is 0 Å². The van der Waals surface area contributed by atoms with E-state index >= 15 is 0 Å². The van der Waals surface area contributed by atoms with Crippen LogP contribution in [0.4, 0.5) is 0 Å². The van der Waals surface area contributed by atoms with Gasteiger partial charge in [-0.1, -0.05) is 56.0 Å². The minimum absolute atomic E-state index is 1.16. The Morgan fingerprint density at radius 3 is 1.33 bits per heavy atom. The first-order valence-electron chi connectivity index (χ1n) is 3.89. The molecule has 0 rings (SSSR count). The smallest absolute Gasteiger partial charge is 0.00312 e. The second-order valence-electron chi connectivity index (χ2n) is 2.04. The van der Waals surface area contributed by atoms with Crippen molar-refractivity contribution >= 4 is 15.9 Å². The van der Waals surface area contributed by atoms with Gasteiger partial charge in [0.05, 0.1) is 0 Å². The van der Waals surface area contributed by atoms with Gasteiger partial charge in [-0.05, 0) is 6.42 Å². The molecule has 0 unspecified atom stereocenters. The molecule has 0 saturated heterocycles. The molecule has 0 aromatic carbocycles. The van der Waals surface area contributed by atoms with Crippen molar-refractivity contribution in [1.29, 1.82) is 0 Å². The van der Waals surface area contributed by atoms with Gasteiger partial charge in [-0.3, -0.25) is 0 Å². The normalized spacial score (nSPS) is 8.00. The van der Waals surface area contributed by atoms with Gasteiger partial charge in [-0.25, -0.2) is 0 Å². The van der Waals surface area contributed by atoms with Crippen molar-refractivity contribution in [3.63, 3.8) is 0 Å². The van der Waals surface area contributed by atoms with E-state index in [0.717, 1.165) is 5.33 Å². The largest absolute Gasteiger partial charge is 0.0928 e. The first-order chi connectivity index (χ1) is 4.33. The van der Waals surface area contributed by atoms with Gasteiger partial charge < -0.3 is 0 Å². The highest BCUT2D eigenvalue weighted by Crippen LogP contribution is 1.89. The van der Waals surface area contributed by atoms with Crippen LogP contribution in [0.3, 0.4) is 0 Å². The molecule has 0 saturated carbocycles. The monoisotopic (exact) mass is 194 g/mol. The van der Waals surface area contributed by atoms with E-state index in [9.17, 15) is 0 Å². The molecule has 0 aromatic rings. The van der Waals surface area contributed by atoms with Crippen molar-refractivity contribution in [3.8, 4) is 0 Å². The van der Waals surface area contributed by atoms with Gasteiger partial charge in [0.1, 0.15) is 0 Å². The third-order valence-corrected chi connectivity index (χ3v) is 1.55. The molecule has 58 valence electrons. The van der Waals surface area contributed by atoms with E-state index < -0.39 is 0 Å². The zero-order chi connectivity index (χ0) is 7.54. The molecule has 0 fully saturated rings. The van der Waals surface area contributed by atoms with Gasteiger partial charge in [0.15, 0.2) is 0 Å². The maximum atomic E-state index is 3.31. The summed E-state index contributed by atoms with van der Waals surface area (Å²) in [7, 11) is 0. The van der Waals surface area contributed by atoms with Crippen molar-refractivity contribution in [2.45, 2.75) is 46.5 Å². The molecule has 0 spiro atoms. The quantitative estimate of drug-likeness (QED) is 0.597. The first-order valence-corrected chi connectivity index (χ1v) is 5.01. The fraction of sp³-hybridized carbons (Fsp3) is 1.00. The lowest BCUT2D eigenvalue weighted by atomic mass is 10.4. The number of hydrogen-bond acceptors (Lipinski definition) is 0. The Hall–Kier alpha value is 0.480. The molecule has 0 bridgehead atoms. The Kier molecular flexibility index (Phi) is 21.4. The molecular weight excluding hydrogens is 176 g/mol. The number of rotatable bonds is 3. The highest BCUT2D eigenvalue weighted by atomic mass is 79.9. The van der Waals surface area contributed by atoms with Crippen LogP contribution in [0.1, 0.15) is 46.5 Å². The fourth-order valence-corrected chi connectivity index (χ4v) is 0.694. The highest BCUT2D eigenvalue weighted by molar-refractivity contribution is 9.09. The third-order valence-electron chi connectivity index (χ3n) is 0.987. The number of hydrogen-bond donors (Lipinski definition) is 0. The molecule has 0 radical (unpaired) electrons. The Morgan fingerprint density at radius 1 is 0.889 bits per heavy atom. The Labute approximate surface area is 68.2 Å². The standard InChI is InChI=1S/C4H9Br.C4H10/c1-2-3-4-5;1-3-4-2/h2-4H2,1H3;3-4H2,1-2H3. The van der Waals surface area contributed by atoms with Crippen LogP contribution in [-0.4, -0.2) is 5.33 Å². The minimum Gasteiger partial charge on any atom is -0.0928 e. The first kappa shape index (κ1) is 12.2. The lowest BCUT2D eigenvalue weighted by Gasteiger charge is -1.77. The van der Waals surface area contributed by atoms with E-state index in [0.29, 0.717) is 0 Å². The van der Waals surface area contributed by atoms with Crippen LogP contribution in [-0.2, 0) is 0 Å². The van der Waals surface area contributed by atoms with Crippen molar-refractivity contribution in [2.75, 3.05) is 5.33 Å². The summed E-state index contributed by atoms with van der Waals surface area (Å²) in [5, 5.41) is 1.16. The van der Waals surface area contributed by atoms with Crippen LogP contribution in [0.25, 0.3) is 0 Å². The third kappa shape index (κ3) is 29.4. The van der Waals surface area contributed by atoms with E-state index in [1.54, 1.807) is 0 Å². The Morgan fingerprint density at radius 2 is 1.33 bits per heavy atom. The summed E-state index contributed by atoms with van der Waals surface area (Å²) in [4.78, 5) is 0. The van der Waals surface area contributed by atoms with Crippen LogP contribution in [0.2, 0.25) is 0 Å². The molecule has 1 heteroatoms. The topological polar surface area (TPSA) is 0 Å². The lowest BCUT2D eigenvalue weighted by Crippen LogP contribution is -1.64. The van der Waals surface area contributed by atoms with Crippen LogP contribution in [0, 0.1) is 0 Å². The zero-order valence-electron chi connectivity index (χ0n) is 6.91. The number of halogens is 1. The van der Waals surface area contributed by atoms with Gasteiger partial charge in [-0.15, -0.1) is 0 Å². The van der Waals surface area contributed by atoms with E-state index in [1.165, 1.54) is 25.7 Å². The molecule has 0 aromatic heterocycles. The zero-order valence-corrected chi connectivity index (χ0v) is 8.50. The number of alkyl halides is 1. The van der Waals surface area contributed by atoms with Gasteiger partial charge in [-0.2, -0.15) is 0 Å². The SMILES string of the molecule is CCCC.CCCCBr. The molecule has 0 heterocycles.